The van der Waals surface area contributed by atoms with Crippen LogP contribution >= 0.6 is 23.4 Å². The number of rotatable bonds is 6. The third kappa shape index (κ3) is 5.91. The summed E-state index contributed by atoms with van der Waals surface area (Å²) in [7, 11) is 0. The van der Waals surface area contributed by atoms with Gasteiger partial charge in [-0.05, 0) is 48.9 Å². The number of carbonyl (C=O) groups excluding carboxylic acids is 2. The van der Waals surface area contributed by atoms with E-state index in [4.69, 9.17) is 11.6 Å². The van der Waals surface area contributed by atoms with E-state index in [0.717, 1.165) is 11.3 Å². The van der Waals surface area contributed by atoms with Crippen LogP contribution in [0, 0.1) is 0 Å². The maximum atomic E-state index is 12.2. The van der Waals surface area contributed by atoms with E-state index in [2.05, 4.69) is 10.6 Å². The van der Waals surface area contributed by atoms with Gasteiger partial charge >= 0.3 is 0 Å². The van der Waals surface area contributed by atoms with Gasteiger partial charge in [-0.3, -0.25) is 9.59 Å². The predicted octanol–water partition coefficient (Wildman–Crippen LogP) is 4.56. The van der Waals surface area contributed by atoms with Gasteiger partial charge in [-0.2, -0.15) is 0 Å². The summed E-state index contributed by atoms with van der Waals surface area (Å²) in [5.41, 5.74) is 2.53. The lowest BCUT2D eigenvalue weighted by molar-refractivity contribution is -0.115. The number of benzene rings is 2. The molecule has 1 atom stereocenters. The lowest BCUT2D eigenvalue weighted by atomic mass is 10.2. The van der Waals surface area contributed by atoms with Crippen molar-refractivity contribution in [1.82, 2.24) is 0 Å². The zero-order chi connectivity index (χ0) is 17.5. The first-order valence-electron chi connectivity index (χ1n) is 7.48. The summed E-state index contributed by atoms with van der Waals surface area (Å²) in [6, 6.07) is 14.6. The molecule has 2 aromatic rings. The summed E-state index contributed by atoms with van der Waals surface area (Å²) in [5, 5.41) is 6.08. The van der Waals surface area contributed by atoms with Crippen molar-refractivity contribution in [3.63, 3.8) is 0 Å². The molecule has 0 saturated heterocycles. The molecule has 0 aliphatic heterocycles. The molecule has 2 amide bonds. The van der Waals surface area contributed by atoms with Crippen molar-refractivity contribution < 1.29 is 9.59 Å². The molecule has 6 heteroatoms. The number of anilines is 2. The largest absolute Gasteiger partial charge is 0.326 e. The highest BCUT2D eigenvalue weighted by Crippen LogP contribution is 2.21. The molecule has 0 saturated carbocycles. The molecule has 0 heterocycles. The Kier molecular flexibility index (Phi) is 6.70. The summed E-state index contributed by atoms with van der Waals surface area (Å²) in [4.78, 5) is 23.2. The molecule has 126 valence electrons. The van der Waals surface area contributed by atoms with Crippen LogP contribution in [-0.2, 0) is 15.3 Å². The lowest BCUT2D eigenvalue weighted by Gasteiger charge is -2.12. The van der Waals surface area contributed by atoms with Gasteiger partial charge in [-0.1, -0.05) is 23.7 Å². The van der Waals surface area contributed by atoms with E-state index < -0.39 is 0 Å². The highest BCUT2D eigenvalue weighted by atomic mass is 35.5. The molecule has 2 rings (SSSR count). The molecule has 0 aliphatic carbocycles. The third-order valence-corrected chi connectivity index (χ3v) is 4.72. The number of nitrogens with one attached hydrogen (secondary N) is 2. The second-order valence-corrected chi connectivity index (χ2v) is 7.09. The smallest absolute Gasteiger partial charge is 0.237 e. The van der Waals surface area contributed by atoms with Gasteiger partial charge < -0.3 is 10.6 Å². The Morgan fingerprint density at radius 3 is 2.08 bits per heavy atom. The van der Waals surface area contributed by atoms with Crippen LogP contribution in [-0.4, -0.2) is 17.1 Å². The Balaban J connectivity index is 1.84. The van der Waals surface area contributed by atoms with Gasteiger partial charge in [0.15, 0.2) is 0 Å². The maximum absolute atomic E-state index is 12.2. The van der Waals surface area contributed by atoms with Crippen LogP contribution in [0.25, 0.3) is 0 Å². The molecule has 1 unspecified atom stereocenters. The number of thioether (sulfide) groups is 1. The number of hydrogen-bond donors (Lipinski definition) is 2. The molecule has 24 heavy (non-hydrogen) atoms. The summed E-state index contributed by atoms with van der Waals surface area (Å²) in [5.74, 6) is 0.563. The first-order chi connectivity index (χ1) is 11.4. The van der Waals surface area contributed by atoms with E-state index >= 15 is 0 Å². The lowest BCUT2D eigenvalue weighted by Crippen LogP contribution is -2.22. The number of amides is 2. The zero-order valence-electron chi connectivity index (χ0n) is 13.5. The molecule has 0 radical (unpaired) electrons. The first kappa shape index (κ1) is 18.4. The molecule has 0 aromatic heterocycles. The van der Waals surface area contributed by atoms with E-state index in [9.17, 15) is 9.59 Å². The quantitative estimate of drug-likeness (QED) is 0.792. The van der Waals surface area contributed by atoms with Gasteiger partial charge in [0.1, 0.15) is 0 Å². The van der Waals surface area contributed by atoms with Gasteiger partial charge in [0, 0.05) is 29.1 Å². The minimum atomic E-state index is -0.185. The fourth-order valence-electron chi connectivity index (χ4n) is 1.96. The molecule has 4 nitrogen and oxygen atoms in total. The van der Waals surface area contributed by atoms with Crippen LogP contribution in [0.4, 0.5) is 11.4 Å². The van der Waals surface area contributed by atoms with Gasteiger partial charge in [0.05, 0.1) is 5.25 Å². The molecule has 0 aliphatic rings. The van der Waals surface area contributed by atoms with Crippen LogP contribution in [0.1, 0.15) is 19.4 Å². The number of hydrogen-bond acceptors (Lipinski definition) is 3. The third-order valence-electron chi connectivity index (χ3n) is 3.26. The van der Waals surface area contributed by atoms with Crippen molar-refractivity contribution in [3.05, 3.63) is 59.1 Å². The predicted molar refractivity (Wildman–Crippen MR) is 102 cm³/mol. The second kappa shape index (κ2) is 8.76. The van der Waals surface area contributed by atoms with Crippen molar-refractivity contribution in [2.45, 2.75) is 24.9 Å². The second-order valence-electron chi connectivity index (χ2n) is 5.33. The van der Waals surface area contributed by atoms with Crippen molar-refractivity contribution in [1.29, 1.82) is 0 Å². The standard InChI is InChI=1S/C18H19ClN2O2S/c1-12(24-11-14-3-5-15(19)6-4-14)18(23)21-17-9-7-16(8-10-17)20-13(2)22/h3-10,12H,11H2,1-2H3,(H,20,22)(H,21,23). The Morgan fingerprint density at radius 2 is 1.54 bits per heavy atom. The van der Waals surface area contributed by atoms with Crippen molar-refractivity contribution in [3.8, 4) is 0 Å². The Bertz CT molecular complexity index is 702. The van der Waals surface area contributed by atoms with Gasteiger partial charge in [0.25, 0.3) is 0 Å². The van der Waals surface area contributed by atoms with Crippen LogP contribution in [0.5, 0.6) is 0 Å². The topological polar surface area (TPSA) is 58.2 Å². The maximum Gasteiger partial charge on any atom is 0.237 e. The van der Waals surface area contributed by atoms with Crippen LogP contribution < -0.4 is 10.6 Å². The molecule has 2 aromatic carbocycles. The summed E-state index contributed by atoms with van der Waals surface area (Å²) < 4.78 is 0. The van der Waals surface area contributed by atoms with Crippen molar-refractivity contribution in [2.24, 2.45) is 0 Å². The molecular weight excluding hydrogens is 344 g/mol. The molecule has 0 spiro atoms. The van der Waals surface area contributed by atoms with Crippen LogP contribution in [0.3, 0.4) is 0 Å². The summed E-state index contributed by atoms with van der Waals surface area (Å²) in [6.45, 7) is 3.33. The van der Waals surface area contributed by atoms with E-state index in [0.29, 0.717) is 16.4 Å². The van der Waals surface area contributed by atoms with E-state index in [1.807, 2.05) is 31.2 Å². The average molecular weight is 363 g/mol. The molecule has 2 N–H and O–H groups in total. The number of halogens is 1. The van der Waals surface area contributed by atoms with Crippen LogP contribution in [0.2, 0.25) is 5.02 Å². The first-order valence-corrected chi connectivity index (χ1v) is 8.91. The molecular formula is C18H19ClN2O2S. The highest BCUT2D eigenvalue weighted by molar-refractivity contribution is 7.99. The molecule has 0 bridgehead atoms. The van der Waals surface area contributed by atoms with Gasteiger partial charge in [0.2, 0.25) is 11.8 Å². The van der Waals surface area contributed by atoms with Crippen molar-refractivity contribution in [2.75, 3.05) is 10.6 Å². The molecule has 0 fully saturated rings. The fourth-order valence-corrected chi connectivity index (χ4v) is 2.93. The Labute approximate surface area is 151 Å². The van der Waals surface area contributed by atoms with Crippen LogP contribution in [0.15, 0.2) is 48.5 Å². The van der Waals surface area contributed by atoms with E-state index in [1.54, 1.807) is 36.0 Å². The minimum Gasteiger partial charge on any atom is -0.326 e. The SMILES string of the molecule is CC(=O)Nc1ccc(NC(=O)C(C)SCc2ccc(Cl)cc2)cc1. The zero-order valence-corrected chi connectivity index (χ0v) is 15.1. The van der Waals surface area contributed by atoms with E-state index in [-0.39, 0.29) is 17.1 Å². The summed E-state index contributed by atoms with van der Waals surface area (Å²) >= 11 is 7.42. The average Bonchev–Trinajstić information content (AvgIpc) is 2.55. The monoisotopic (exact) mass is 362 g/mol. The van der Waals surface area contributed by atoms with E-state index in [1.165, 1.54) is 6.92 Å². The number of carbonyl (C=O) groups is 2. The minimum absolute atomic E-state index is 0.0544. The summed E-state index contributed by atoms with van der Waals surface area (Å²) in [6.07, 6.45) is 0. The van der Waals surface area contributed by atoms with Crippen molar-refractivity contribution >= 4 is 46.6 Å². The Morgan fingerprint density at radius 1 is 1.00 bits per heavy atom. The van der Waals surface area contributed by atoms with Gasteiger partial charge in [-0.25, -0.2) is 0 Å². The Hall–Kier alpha value is -1.98. The fraction of sp³-hybridized carbons (Fsp3) is 0.222. The normalized spacial score (nSPS) is 11.6. The highest BCUT2D eigenvalue weighted by Gasteiger charge is 2.13. The van der Waals surface area contributed by atoms with Gasteiger partial charge in [-0.15, -0.1) is 11.8 Å².